The summed E-state index contributed by atoms with van der Waals surface area (Å²) in [5, 5.41) is 5.80. The summed E-state index contributed by atoms with van der Waals surface area (Å²) in [6.07, 6.45) is 3.34. The van der Waals surface area contributed by atoms with Crippen LogP contribution in [0.2, 0.25) is 0 Å². The Morgan fingerprint density at radius 1 is 1.07 bits per heavy atom. The number of aromatic nitrogens is 2. The minimum absolute atomic E-state index is 0.155. The molecule has 0 atom stereocenters. The highest BCUT2D eigenvalue weighted by Gasteiger charge is 2.12. The van der Waals surface area contributed by atoms with Crippen molar-refractivity contribution in [3.8, 4) is 11.5 Å². The first-order valence-electron chi connectivity index (χ1n) is 8.93. The van der Waals surface area contributed by atoms with Crippen molar-refractivity contribution >= 4 is 17.4 Å². The fourth-order valence-electron chi connectivity index (χ4n) is 2.65. The van der Waals surface area contributed by atoms with Crippen molar-refractivity contribution in [2.45, 2.75) is 6.42 Å². The molecule has 0 aliphatic heterocycles. The van der Waals surface area contributed by atoms with Crippen LogP contribution in [0.15, 0.2) is 54.9 Å². The molecule has 29 heavy (non-hydrogen) atoms. The zero-order valence-electron chi connectivity index (χ0n) is 16.1. The Morgan fingerprint density at radius 2 is 1.90 bits per heavy atom. The summed E-state index contributed by atoms with van der Waals surface area (Å²) in [6, 6.07) is 11.7. The maximum Gasteiger partial charge on any atom is 0.275 e. The van der Waals surface area contributed by atoms with Gasteiger partial charge in [0.1, 0.15) is 28.8 Å². The molecule has 0 saturated carbocycles. The number of methoxy groups -OCH3 is 2. The average molecular weight is 396 g/mol. The van der Waals surface area contributed by atoms with Crippen LogP contribution in [0, 0.1) is 5.82 Å². The van der Waals surface area contributed by atoms with E-state index in [2.05, 4.69) is 20.6 Å². The number of hydrogen-bond donors (Lipinski definition) is 2. The van der Waals surface area contributed by atoms with E-state index in [1.165, 1.54) is 25.6 Å². The number of hydrogen-bond acceptors (Lipinski definition) is 6. The second-order valence-electron chi connectivity index (χ2n) is 6.08. The summed E-state index contributed by atoms with van der Waals surface area (Å²) in [5.41, 5.74) is 1.27. The fourth-order valence-corrected chi connectivity index (χ4v) is 2.65. The molecule has 3 aromatic rings. The van der Waals surface area contributed by atoms with Gasteiger partial charge in [0.25, 0.3) is 5.91 Å². The van der Waals surface area contributed by atoms with E-state index in [4.69, 9.17) is 9.47 Å². The molecule has 2 N–H and O–H groups in total. The summed E-state index contributed by atoms with van der Waals surface area (Å²) in [6.45, 7) is 0.490. The molecule has 0 spiro atoms. The Hall–Kier alpha value is -3.68. The normalized spacial score (nSPS) is 10.3. The van der Waals surface area contributed by atoms with Gasteiger partial charge in [-0.1, -0.05) is 18.2 Å². The number of benzene rings is 2. The number of carbonyl (C=O) groups is 1. The van der Waals surface area contributed by atoms with Crippen LogP contribution in [0.3, 0.4) is 0 Å². The largest absolute Gasteiger partial charge is 0.497 e. The number of amides is 1. The van der Waals surface area contributed by atoms with E-state index < -0.39 is 5.91 Å². The molecule has 0 aliphatic carbocycles. The first-order valence-corrected chi connectivity index (χ1v) is 8.93. The lowest BCUT2D eigenvalue weighted by atomic mass is 10.1. The molecule has 0 saturated heterocycles. The lowest BCUT2D eigenvalue weighted by Gasteiger charge is -2.11. The van der Waals surface area contributed by atoms with Gasteiger partial charge in [0.2, 0.25) is 0 Å². The molecular weight excluding hydrogens is 375 g/mol. The topological polar surface area (TPSA) is 85.4 Å². The molecule has 2 aromatic carbocycles. The predicted molar refractivity (Wildman–Crippen MR) is 108 cm³/mol. The van der Waals surface area contributed by atoms with E-state index in [-0.39, 0.29) is 11.5 Å². The first-order chi connectivity index (χ1) is 14.1. The fraction of sp³-hybridized carbons (Fsp3) is 0.190. The standard InChI is InChI=1S/C21H21FN4O3/c1-28-15-7-8-17(19(11-15)29-2)26-21(27)18-12-25-20(13-24-18)23-10-9-14-5-3-4-6-16(14)22/h3-8,11-13H,9-10H2,1-2H3,(H,23,25)(H,26,27). The van der Waals surface area contributed by atoms with Crippen LogP contribution in [0.25, 0.3) is 0 Å². The number of nitrogens with one attached hydrogen (secondary N) is 2. The molecule has 1 amide bonds. The summed E-state index contributed by atoms with van der Waals surface area (Å²) >= 11 is 0. The zero-order chi connectivity index (χ0) is 20.6. The highest BCUT2D eigenvalue weighted by atomic mass is 19.1. The number of carbonyl (C=O) groups excluding carboxylic acids is 1. The minimum atomic E-state index is -0.418. The molecule has 0 bridgehead atoms. The number of nitrogens with zero attached hydrogens (tertiary/aromatic N) is 2. The van der Waals surface area contributed by atoms with Gasteiger partial charge in [-0.25, -0.2) is 14.4 Å². The lowest BCUT2D eigenvalue weighted by molar-refractivity contribution is 0.102. The highest BCUT2D eigenvalue weighted by Crippen LogP contribution is 2.29. The molecule has 0 aliphatic rings. The molecule has 0 fully saturated rings. The smallest absolute Gasteiger partial charge is 0.275 e. The van der Waals surface area contributed by atoms with Gasteiger partial charge >= 0.3 is 0 Å². The predicted octanol–water partition coefficient (Wildman–Crippen LogP) is 3.54. The third-order valence-corrected chi connectivity index (χ3v) is 4.20. The summed E-state index contributed by atoms with van der Waals surface area (Å²) in [5.74, 6) is 0.933. The van der Waals surface area contributed by atoms with E-state index >= 15 is 0 Å². The van der Waals surface area contributed by atoms with Crippen LogP contribution in [0.4, 0.5) is 15.9 Å². The van der Waals surface area contributed by atoms with Crippen LogP contribution < -0.4 is 20.1 Å². The van der Waals surface area contributed by atoms with Crippen LogP contribution in [-0.2, 0) is 6.42 Å². The summed E-state index contributed by atoms with van der Waals surface area (Å²) in [4.78, 5) is 20.7. The van der Waals surface area contributed by atoms with Crippen molar-refractivity contribution in [1.29, 1.82) is 0 Å². The zero-order valence-corrected chi connectivity index (χ0v) is 16.1. The molecular formula is C21H21FN4O3. The van der Waals surface area contributed by atoms with Gasteiger partial charge in [0.15, 0.2) is 0 Å². The molecule has 8 heteroatoms. The van der Waals surface area contributed by atoms with Crippen molar-refractivity contribution in [3.05, 3.63) is 71.9 Å². The average Bonchev–Trinajstić information content (AvgIpc) is 2.75. The van der Waals surface area contributed by atoms with Gasteiger partial charge in [-0.3, -0.25) is 4.79 Å². The van der Waals surface area contributed by atoms with E-state index in [9.17, 15) is 9.18 Å². The number of anilines is 2. The molecule has 1 heterocycles. The Bertz CT molecular complexity index is 980. The third-order valence-electron chi connectivity index (χ3n) is 4.20. The van der Waals surface area contributed by atoms with Crippen LogP contribution in [-0.4, -0.2) is 36.6 Å². The monoisotopic (exact) mass is 396 g/mol. The van der Waals surface area contributed by atoms with Gasteiger partial charge in [-0.05, 0) is 30.2 Å². The van der Waals surface area contributed by atoms with E-state index in [0.29, 0.717) is 41.5 Å². The van der Waals surface area contributed by atoms with E-state index in [0.717, 1.165) is 0 Å². The second kappa shape index (κ2) is 9.50. The summed E-state index contributed by atoms with van der Waals surface area (Å²) < 4.78 is 24.0. The van der Waals surface area contributed by atoms with Gasteiger partial charge in [-0.2, -0.15) is 0 Å². The molecule has 150 valence electrons. The van der Waals surface area contributed by atoms with Crippen molar-refractivity contribution in [2.24, 2.45) is 0 Å². The third kappa shape index (κ3) is 5.19. The number of rotatable bonds is 8. The van der Waals surface area contributed by atoms with Gasteiger partial charge in [-0.15, -0.1) is 0 Å². The van der Waals surface area contributed by atoms with Crippen molar-refractivity contribution in [1.82, 2.24) is 9.97 Å². The lowest BCUT2D eigenvalue weighted by Crippen LogP contribution is -2.15. The van der Waals surface area contributed by atoms with Crippen LogP contribution in [0.1, 0.15) is 16.1 Å². The Balaban J connectivity index is 1.58. The van der Waals surface area contributed by atoms with E-state index in [1.807, 2.05) is 0 Å². The van der Waals surface area contributed by atoms with Gasteiger partial charge in [0.05, 0.1) is 32.3 Å². The molecule has 0 radical (unpaired) electrons. The van der Waals surface area contributed by atoms with Crippen LogP contribution in [0.5, 0.6) is 11.5 Å². The maximum atomic E-state index is 13.6. The van der Waals surface area contributed by atoms with Gasteiger partial charge in [0, 0.05) is 12.6 Å². The highest BCUT2D eigenvalue weighted by molar-refractivity contribution is 6.03. The van der Waals surface area contributed by atoms with Gasteiger partial charge < -0.3 is 20.1 Å². The second-order valence-corrected chi connectivity index (χ2v) is 6.08. The molecule has 3 rings (SSSR count). The molecule has 7 nitrogen and oxygen atoms in total. The number of halogens is 1. The Labute approximate surface area is 167 Å². The molecule has 0 unspecified atom stereocenters. The minimum Gasteiger partial charge on any atom is -0.497 e. The SMILES string of the molecule is COc1ccc(NC(=O)c2cnc(NCCc3ccccc3F)cn2)c(OC)c1. The van der Waals surface area contributed by atoms with Crippen molar-refractivity contribution < 1.29 is 18.7 Å². The summed E-state index contributed by atoms with van der Waals surface area (Å²) in [7, 11) is 3.06. The first kappa shape index (κ1) is 20.1. The van der Waals surface area contributed by atoms with Crippen LogP contribution >= 0.6 is 0 Å². The Morgan fingerprint density at radius 3 is 2.59 bits per heavy atom. The Kier molecular flexibility index (Phi) is 6.57. The number of ether oxygens (including phenoxy) is 2. The molecule has 1 aromatic heterocycles. The quantitative estimate of drug-likeness (QED) is 0.606. The maximum absolute atomic E-state index is 13.6. The van der Waals surface area contributed by atoms with Crippen molar-refractivity contribution in [3.63, 3.8) is 0 Å². The van der Waals surface area contributed by atoms with E-state index in [1.54, 1.807) is 43.5 Å². The van der Waals surface area contributed by atoms with Crippen molar-refractivity contribution in [2.75, 3.05) is 31.4 Å².